The van der Waals surface area contributed by atoms with Crippen LogP contribution in [0.4, 0.5) is 17.1 Å². The molecule has 4 aromatic rings. The van der Waals surface area contributed by atoms with Crippen LogP contribution in [-0.4, -0.2) is 37.9 Å². The fraction of sp³-hybridized carbons (Fsp3) is 0.0500. The van der Waals surface area contributed by atoms with E-state index < -0.39 is 27.1 Å². The summed E-state index contributed by atoms with van der Waals surface area (Å²) in [6.07, 6.45) is 0. The third-order valence-corrected chi connectivity index (χ3v) is 4.58. The molecule has 160 valence electrons. The Morgan fingerprint density at radius 2 is 1.66 bits per heavy atom. The fourth-order valence-corrected chi connectivity index (χ4v) is 3.00. The summed E-state index contributed by atoms with van der Waals surface area (Å²) in [4.78, 5) is 34.6. The lowest BCUT2D eigenvalue weighted by Gasteiger charge is -2.05. The summed E-state index contributed by atoms with van der Waals surface area (Å²) in [6.45, 7) is 0. The lowest BCUT2D eigenvalue weighted by molar-refractivity contribution is -0.394. The lowest BCUT2D eigenvalue weighted by Crippen LogP contribution is -2.14. The van der Waals surface area contributed by atoms with Gasteiger partial charge in [0.25, 0.3) is 17.3 Å². The van der Waals surface area contributed by atoms with Gasteiger partial charge in [0.1, 0.15) is 22.3 Å². The van der Waals surface area contributed by atoms with Crippen LogP contribution in [0.5, 0.6) is 5.75 Å². The Kier molecular flexibility index (Phi) is 5.17. The van der Waals surface area contributed by atoms with E-state index in [-0.39, 0.29) is 5.56 Å². The van der Waals surface area contributed by atoms with E-state index in [1.54, 1.807) is 49.6 Å². The number of non-ortho nitro benzene ring substituents is 1. The number of methoxy groups -OCH3 is 1. The minimum absolute atomic E-state index is 0.303. The summed E-state index contributed by atoms with van der Waals surface area (Å²) in [5.74, 6) is -0.0932. The van der Waals surface area contributed by atoms with Crippen LogP contribution in [0.1, 0.15) is 10.4 Å². The minimum Gasteiger partial charge on any atom is -0.497 e. The van der Waals surface area contributed by atoms with E-state index in [0.717, 1.165) is 18.2 Å². The van der Waals surface area contributed by atoms with Gasteiger partial charge in [-0.1, -0.05) is 0 Å². The molecule has 12 heteroatoms. The van der Waals surface area contributed by atoms with E-state index in [2.05, 4.69) is 15.5 Å². The van der Waals surface area contributed by atoms with Crippen molar-refractivity contribution in [2.24, 2.45) is 0 Å². The molecule has 12 nitrogen and oxygen atoms in total. The third kappa shape index (κ3) is 3.92. The topological polar surface area (TPSA) is 155 Å². The molecule has 0 aliphatic heterocycles. The van der Waals surface area contributed by atoms with Crippen LogP contribution in [0, 0.1) is 20.2 Å². The molecule has 0 unspecified atom stereocenters. The van der Waals surface area contributed by atoms with Gasteiger partial charge in [0.05, 0.1) is 28.7 Å². The van der Waals surface area contributed by atoms with Crippen molar-refractivity contribution in [1.82, 2.24) is 15.0 Å². The summed E-state index contributed by atoms with van der Waals surface area (Å²) in [5.41, 5.74) is 0.638. The smallest absolute Gasteiger partial charge is 0.289 e. The van der Waals surface area contributed by atoms with E-state index in [1.165, 1.54) is 4.80 Å². The predicted octanol–water partition coefficient (Wildman–Crippen LogP) is 3.50. The number of nitro benzene ring substituents is 2. The first-order valence-electron chi connectivity index (χ1n) is 9.11. The Labute approximate surface area is 179 Å². The quantitative estimate of drug-likeness (QED) is 0.357. The maximum Gasteiger partial charge on any atom is 0.289 e. The predicted molar refractivity (Wildman–Crippen MR) is 113 cm³/mol. The Bertz CT molecular complexity index is 1370. The molecule has 0 aliphatic rings. The summed E-state index contributed by atoms with van der Waals surface area (Å²) < 4.78 is 5.13. The number of amides is 1. The highest BCUT2D eigenvalue weighted by atomic mass is 16.6. The van der Waals surface area contributed by atoms with Crippen LogP contribution in [0.25, 0.3) is 16.7 Å². The molecule has 0 saturated heterocycles. The average molecular weight is 434 g/mol. The van der Waals surface area contributed by atoms with E-state index in [9.17, 15) is 25.0 Å². The first-order chi connectivity index (χ1) is 15.4. The molecular formula is C20H14N6O6. The van der Waals surface area contributed by atoms with Crippen molar-refractivity contribution < 1.29 is 19.4 Å². The van der Waals surface area contributed by atoms with Crippen LogP contribution in [0.2, 0.25) is 0 Å². The highest BCUT2D eigenvalue weighted by molar-refractivity contribution is 6.07. The first kappa shape index (κ1) is 20.4. The Morgan fingerprint density at radius 3 is 2.31 bits per heavy atom. The maximum atomic E-state index is 12.6. The molecule has 0 atom stereocenters. The molecule has 0 spiro atoms. The number of fused-ring (bicyclic) bond motifs is 1. The van der Waals surface area contributed by atoms with Gasteiger partial charge in [-0.3, -0.25) is 25.0 Å². The zero-order valence-electron chi connectivity index (χ0n) is 16.5. The number of hydrogen-bond acceptors (Lipinski definition) is 8. The van der Waals surface area contributed by atoms with Crippen LogP contribution >= 0.6 is 0 Å². The fourth-order valence-electron chi connectivity index (χ4n) is 3.00. The molecule has 0 bridgehead atoms. The molecule has 0 fully saturated rings. The zero-order chi connectivity index (χ0) is 22.8. The molecule has 1 aromatic heterocycles. The molecule has 1 amide bonds. The van der Waals surface area contributed by atoms with Gasteiger partial charge < -0.3 is 10.1 Å². The van der Waals surface area contributed by atoms with E-state index in [1.807, 2.05) is 0 Å². The van der Waals surface area contributed by atoms with Gasteiger partial charge in [-0.15, -0.1) is 10.2 Å². The highest BCUT2D eigenvalue weighted by Gasteiger charge is 2.24. The molecule has 1 heterocycles. The number of nitro groups is 2. The van der Waals surface area contributed by atoms with Gasteiger partial charge >= 0.3 is 0 Å². The Hall–Kier alpha value is -4.87. The van der Waals surface area contributed by atoms with Crippen LogP contribution in [-0.2, 0) is 0 Å². The van der Waals surface area contributed by atoms with E-state index >= 15 is 0 Å². The molecule has 1 N–H and O–H groups in total. The number of rotatable bonds is 6. The van der Waals surface area contributed by atoms with Crippen LogP contribution in [0.3, 0.4) is 0 Å². The first-order valence-corrected chi connectivity index (χ1v) is 9.11. The van der Waals surface area contributed by atoms with Gasteiger partial charge in [0.15, 0.2) is 0 Å². The number of carbonyl (C=O) groups excluding carboxylic acids is 1. The van der Waals surface area contributed by atoms with E-state index in [4.69, 9.17) is 4.74 Å². The number of benzene rings is 3. The standard InChI is InChI=1S/C20H14N6O6/c1-32-15-6-3-13(4-7-15)24-22-17-9-2-12(10-18(17)23-24)21-20(27)16-8-5-14(25(28)29)11-19(16)26(30)31/h2-11H,1H3,(H,21,27). The van der Waals surface area contributed by atoms with Gasteiger partial charge in [0, 0.05) is 11.8 Å². The van der Waals surface area contributed by atoms with Gasteiger partial charge in [-0.2, -0.15) is 4.80 Å². The number of aromatic nitrogens is 3. The summed E-state index contributed by atoms with van der Waals surface area (Å²) in [6, 6.07) is 14.7. The molecule has 0 radical (unpaired) electrons. The van der Waals surface area contributed by atoms with Crippen LogP contribution < -0.4 is 10.1 Å². The van der Waals surface area contributed by atoms with Crippen molar-refractivity contribution >= 4 is 34.0 Å². The second-order valence-electron chi connectivity index (χ2n) is 6.56. The Morgan fingerprint density at radius 1 is 0.938 bits per heavy atom. The summed E-state index contributed by atoms with van der Waals surface area (Å²) in [5, 5.41) is 33.5. The molecule has 3 aromatic carbocycles. The number of anilines is 1. The van der Waals surface area contributed by atoms with Crippen molar-refractivity contribution in [3.8, 4) is 11.4 Å². The molecular weight excluding hydrogens is 420 g/mol. The molecule has 32 heavy (non-hydrogen) atoms. The summed E-state index contributed by atoms with van der Waals surface area (Å²) in [7, 11) is 1.57. The highest BCUT2D eigenvalue weighted by Crippen LogP contribution is 2.26. The van der Waals surface area contributed by atoms with Gasteiger partial charge in [-0.05, 0) is 48.5 Å². The van der Waals surface area contributed by atoms with Crippen molar-refractivity contribution in [2.75, 3.05) is 12.4 Å². The summed E-state index contributed by atoms with van der Waals surface area (Å²) >= 11 is 0. The van der Waals surface area contributed by atoms with Crippen molar-refractivity contribution in [3.63, 3.8) is 0 Å². The maximum absolute atomic E-state index is 12.6. The SMILES string of the molecule is COc1ccc(-n2nc3ccc(NC(=O)c4ccc([N+](=O)[O-])cc4[N+](=O)[O-])cc3n2)cc1. The monoisotopic (exact) mass is 434 g/mol. The minimum atomic E-state index is -0.842. The lowest BCUT2D eigenvalue weighted by atomic mass is 10.1. The largest absolute Gasteiger partial charge is 0.497 e. The molecule has 0 aliphatic carbocycles. The second kappa shape index (κ2) is 8.10. The van der Waals surface area contributed by atoms with E-state index in [0.29, 0.717) is 28.2 Å². The zero-order valence-corrected chi connectivity index (χ0v) is 16.5. The number of nitrogens with one attached hydrogen (secondary N) is 1. The third-order valence-electron chi connectivity index (χ3n) is 4.58. The second-order valence-corrected chi connectivity index (χ2v) is 6.56. The number of hydrogen-bond donors (Lipinski definition) is 1. The number of ether oxygens (including phenoxy) is 1. The van der Waals surface area contributed by atoms with Gasteiger partial charge in [0.2, 0.25) is 0 Å². The number of carbonyl (C=O) groups is 1. The normalized spacial score (nSPS) is 10.7. The number of nitrogens with zero attached hydrogens (tertiary/aromatic N) is 5. The van der Waals surface area contributed by atoms with Crippen molar-refractivity contribution in [3.05, 3.63) is 86.5 Å². The average Bonchev–Trinajstić information content (AvgIpc) is 3.22. The Balaban J connectivity index is 1.61. The molecule has 4 rings (SSSR count). The van der Waals surface area contributed by atoms with Gasteiger partial charge in [-0.25, -0.2) is 0 Å². The van der Waals surface area contributed by atoms with Crippen molar-refractivity contribution in [1.29, 1.82) is 0 Å². The van der Waals surface area contributed by atoms with Crippen molar-refractivity contribution in [2.45, 2.75) is 0 Å². The van der Waals surface area contributed by atoms with Crippen LogP contribution in [0.15, 0.2) is 60.7 Å². The molecule has 0 saturated carbocycles.